The maximum Gasteiger partial charge on any atom is 0.234 e. The van der Waals surface area contributed by atoms with Crippen molar-refractivity contribution in [3.63, 3.8) is 0 Å². The van der Waals surface area contributed by atoms with Crippen molar-refractivity contribution in [2.24, 2.45) is 5.10 Å². The van der Waals surface area contributed by atoms with Crippen molar-refractivity contribution < 1.29 is 9.53 Å². The van der Waals surface area contributed by atoms with Crippen molar-refractivity contribution in [2.75, 3.05) is 18.2 Å². The highest BCUT2D eigenvalue weighted by Crippen LogP contribution is 2.35. The van der Waals surface area contributed by atoms with Gasteiger partial charge in [-0.15, -0.1) is 0 Å². The summed E-state index contributed by atoms with van der Waals surface area (Å²) in [6.45, 7) is 0. The Balaban J connectivity index is 1.18. The fourth-order valence-corrected chi connectivity index (χ4v) is 5.04. The van der Waals surface area contributed by atoms with E-state index in [2.05, 4.69) is 43.3 Å². The number of hydrogen-bond donors (Lipinski definition) is 3. The molecule has 10 heteroatoms. The maximum atomic E-state index is 12.4. The Morgan fingerprint density at radius 2 is 2.06 bits per heavy atom. The molecule has 3 aliphatic heterocycles. The van der Waals surface area contributed by atoms with Gasteiger partial charge >= 0.3 is 0 Å². The van der Waals surface area contributed by atoms with Crippen LogP contribution in [0.1, 0.15) is 18.0 Å². The molecule has 0 aromatic heterocycles. The molecule has 166 valence electrons. The first-order valence-electron chi connectivity index (χ1n) is 10.3. The van der Waals surface area contributed by atoms with E-state index in [0.29, 0.717) is 10.7 Å². The van der Waals surface area contributed by atoms with Gasteiger partial charge in [0.2, 0.25) is 5.91 Å². The minimum Gasteiger partial charge on any atom is -0.497 e. The van der Waals surface area contributed by atoms with Gasteiger partial charge in [-0.2, -0.15) is 5.10 Å². The Bertz CT molecular complexity index is 1060. The topological polar surface area (TPSA) is 81.2 Å². The number of rotatable bonds is 5. The number of methoxy groups -OCH3 is 1. The average molecular weight is 471 g/mol. The lowest BCUT2D eigenvalue weighted by molar-refractivity contribution is -0.113. The highest BCUT2D eigenvalue weighted by Gasteiger charge is 2.44. The molecule has 1 fully saturated rings. The molecule has 3 aliphatic rings. The van der Waals surface area contributed by atoms with E-state index in [1.165, 1.54) is 17.3 Å². The molecule has 3 unspecified atom stereocenters. The fraction of sp³-hybridized carbons (Fsp3) is 0.273. The number of hydrogen-bond acceptors (Lipinski definition) is 8. The Labute approximate surface area is 195 Å². The van der Waals surface area contributed by atoms with E-state index in [4.69, 9.17) is 16.3 Å². The Morgan fingerprint density at radius 1 is 1.25 bits per heavy atom. The standard InChI is InChI=1S/C22H23ClN6O2S/c1-31-15-8-6-14(7-9-15)18-12-19-21-25-26-22(28(21)10-11-29(19)27-18)32-13-20(30)24-17-5-3-2-4-16(17)23/h2-11,18-19,21,25,27H,12-13H2,1H3,(H,24,30). The lowest BCUT2D eigenvalue weighted by Gasteiger charge is -2.36. The molecule has 3 atom stereocenters. The number of hydrazone groups is 1. The number of nitrogens with zero attached hydrogens (tertiary/aromatic N) is 3. The molecule has 3 heterocycles. The summed E-state index contributed by atoms with van der Waals surface area (Å²) in [7, 11) is 1.67. The van der Waals surface area contributed by atoms with Crippen LogP contribution in [0.4, 0.5) is 5.69 Å². The van der Waals surface area contributed by atoms with Gasteiger partial charge in [0.1, 0.15) is 11.9 Å². The molecule has 0 aliphatic carbocycles. The van der Waals surface area contributed by atoms with Crippen molar-refractivity contribution in [3.8, 4) is 5.75 Å². The number of fused-ring (bicyclic) bond motifs is 3. The number of carbonyl (C=O) groups excluding carboxylic acids is 1. The number of nitrogens with one attached hydrogen (secondary N) is 3. The number of amides is 1. The second-order valence-corrected chi connectivity index (χ2v) is 9.01. The van der Waals surface area contributed by atoms with Crippen LogP contribution >= 0.6 is 23.4 Å². The molecule has 1 saturated heterocycles. The third-order valence-corrected chi connectivity index (χ3v) is 7.00. The third-order valence-electron chi connectivity index (χ3n) is 5.70. The van der Waals surface area contributed by atoms with E-state index in [9.17, 15) is 4.79 Å². The highest BCUT2D eigenvalue weighted by atomic mass is 35.5. The molecular weight excluding hydrogens is 448 g/mol. The van der Waals surface area contributed by atoms with Crippen LogP contribution in [0.3, 0.4) is 0 Å². The number of anilines is 1. The summed E-state index contributed by atoms with van der Waals surface area (Å²) in [5.41, 5.74) is 8.63. The summed E-state index contributed by atoms with van der Waals surface area (Å²) in [6.07, 6.45) is 4.94. The summed E-state index contributed by atoms with van der Waals surface area (Å²) in [5, 5.41) is 10.8. The van der Waals surface area contributed by atoms with Gasteiger partial charge < -0.3 is 20.0 Å². The van der Waals surface area contributed by atoms with E-state index in [0.717, 1.165) is 17.3 Å². The lowest BCUT2D eigenvalue weighted by Crippen LogP contribution is -2.54. The lowest BCUT2D eigenvalue weighted by atomic mass is 10.00. The number of amidine groups is 1. The number of carbonyl (C=O) groups is 1. The first-order chi connectivity index (χ1) is 15.6. The Morgan fingerprint density at radius 3 is 2.84 bits per heavy atom. The van der Waals surface area contributed by atoms with Crippen LogP contribution in [0.25, 0.3) is 0 Å². The van der Waals surface area contributed by atoms with Gasteiger partial charge in [0, 0.05) is 12.4 Å². The third kappa shape index (κ3) is 4.11. The molecule has 2 aromatic carbocycles. The summed E-state index contributed by atoms with van der Waals surface area (Å²) in [6, 6.07) is 15.7. The molecule has 0 saturated carbocycles. The van der Waals surface area contributed by atoms with E-state index < -0.39 is 0 Å². The Hall–Kier alpha value is -2.88. The van der Waals surface area contributed by atoms with Crippen LogP contribution in [0, 0.1) is 0 Å². The highest BCUT2D eigenvalue weighted by molar-refractivity contribution is 8.14. The first-order valence-corrected chi connectivity index (χ1v) is 11.6. The van der Waals surface area contributed by atoms with Crippen molar-refractivity contribution >= 4 is 40.1 Å². The molecule has 32 heavy (non-hydrogen) atoms. The first kappa shape index (κ1) is 21.0. The van der Waals surface area contributed by atoms with Gasteiger partial charge in [-0.05, 0) is 36.2 Å². The fourth-order valence-electron chi connectivity index (χ4n) is 4.08. The zero-order valence-electron chi connectivity index (χ0n) is 17.4. The molecule has 1 amide bonds. The van der Waals surface area contributed by atoms with Crippen LogP contribution in [-0.4, -0.2) is 46.1 Å². The summed E-state index contributed by atoms with van der Waals surface area (Å²) >= 11 is 7.51. The molecule has 2 aromatic rings. The SMILES string of the molecule is COc1ccc(C2CC3C4NN=C(SCC(=O)Nc5ccccc5Cl)N4C=CN3N2)cc1. The van der Waals surface area contributed by atoms with Crippen molar-refractivity contribution in [3.05, 3.63) is 71.5 Å². The molecular formula is C22H23ClN6O2S. The van der Waals surface area contributed by atoms with Gasteiger partial charge in [0.15, 0.2) is 5.17 Å². The van der Waals surface area contributed by atoms with E-state index >= 15 is 0 Å². The minimum absolute atomic E-state index is 0.00452. The van der Waals surface area contributed by atoms with Gasteiger partial charge in [-0.25, -0.2) is 5.43 Å². The number of thioether (sulfide) groups is 1. The van der Waals surface area contributed by atoms with Gasteiger partial charge in [-0.1, -0.05) is 47.6 Å². The van der Waals surface area contributed by atoms with Crippen LogP contribution in [0.5, 0.6) is 5.75 Å². The molecule has 5 rings (SSSR count). The van der Waals surface area contributed by atoms with Crippen LogP contribution < -0.4 is 20.9 Å². The monoisotopic (exact) mass is 470 g/mol. The molecule has 0 radical (unpaired) electrons. The van der Waals surface area contributed by atoms with Crippen LogP contribution in [-0.2, 0) is 4.79 Å². The van der Waals surface area contributed by atoms with E-state index in [1.807, 2.05) is 36.7 Å². The summed E-state index contributed by atoms with van der Waals surface area (Å²) in [5.74, 6) is 0.963. The quantitative estimate of drug-likeness (QED) is 0.618. The van der Waals surface area contributed by atoms with E-state index in [1.54, 1.807) is 19.2 Å². The average Bonchev–Trinajstić information content (AvgIpc) is 3.43. The van der Waals surface area contributed by atoms with Crippen molar-refractivity contribution in [1.29, 1.82) is 0 Å². The second kappa shape index (κ2) is 8.93. The largest absolute Gasteiger partial charge is 0.497 e. The number of para-hydroxylation sites is 1. The smallest absolute Gasteiger partial charge is 0.234 e. The molecule has 3 N–H and O–H groups in total. The number of benzene rings is 2. The zero-order chi connectivity index (χ0) is 22.1. The Kier molecular flexibility index (Phi) is 5.86. The van der Waals surface area contributed by atoms with Crippen molar-refractivity contribution in [1.82, 2.24) is 20.8 Å². The summed E-state index contributed by atoms with van der Waals surface area (Å²) < 4.78 is 5.26. The predicted octanol–water partition coefficient (Wildman–Crippen LogP) is 3.33. The van der Waals surface area contributed by atoms with E-state index in [-0.39, 0.29) is 29.9 Å². The number of hydrazine groups is 1. The van der Waals surface area contributed by atoms with Crippen LogP contribution in [0.15, 0.2) is 66.0 Å². The number of ether oxygens (including phenoxy) is 1. The zero-order valence-corrected chi connectivity index (χ0v) is 18.9. The minimum atomic E-state index is -0.126. The van der Waals surface area contributed by atoms with Crippen molar-refractivity contribution in [2.45, 2.75) is 24.7 Å². The molecule has 0 bridgehead atoms. The normalized spacial score (nSPS) is 23.3. The van der Waals surface area contributed by atoms with Gasteiger partial charge in [-0.3, -0.25) is 10.2 Å². The second-order valence-electron chi connectivity index (χ2n) is 7.66. The predicted molar refractivity (Wildman–Crippen MR) is 127 cm³/mol. The van der Waals surface area contributed by atoms with Crippen LogP contribution in [0.2, 0.25) is 5.02 Å². The molecule has 8 nitrogen and oxygen atoms in total. The molecule has 0 spiro atoms. The van der Waals surface area contributed by atoms with Gasteiger partial charge in [0.25, 0.3) is 0 Å². The number of halogens is 1. The summed E-state index contributed by atoms with van der Waals surface area (Å²) in [4.78, 5) is 14.5. The van der Waals surface area contributed by atoms with Gasteiger partial charge in [0.05, 0.1) is 35.7 Å². The maximum absolute atomic E-state index is 12.4.